The Morgan fingerprint density at radius 3 is 2.55 bits per heavy atom. The van der Waals surface area contributed by atoms with Crippen molar-refractivity contribution in [1.29, 1.82) is 0 Å². The van der Waals surface area contributed by atoms with E-state index in [0.717, 1.165) is 35.5 Å². The molecule has 1 saturated heterocycles. The molecule has 5 nitrogen and oxygen atoms in total. The Morgan fingerprint density at radius 2 is 1.81 bits per heavy atom. The molecule has 0 saturated carbocycles. The number of ether oxygens (including phenoxy) is 1. The van der Waals surface area contributed by atoms with Crippen LogP contribution in [0, 0.1) is 18.6 Å². The molecule has 1 aliphatic rings. The Balaban J connectivity index is 1.73. The smallest absolute Gasteiger partial charge is 0.150 e. The second-order valence-electron chi connectivity index (χ2n) is 7.86. The molecule has 3 heterocycles. The third kappa shape index (κ3) is 3.88. The summed E-state index contributed by atoms with van der Waals surface area (Å²) in [5.41, 5.74) is 3.81. The standard InChI is InChI=1S/C24H22F2N4O/c1-15-3-2-4-20(9-15)30-13-21(16-10-17(25)12-18(26)11-16)22-23(27-14-28-24(22)30)29-19-5-7-31-8-6-19/h2-4,9-14,19H,5-8H2,1H3,(H,27,28,29). The molecule has 1 aliphatic heterocycles. The summed E-state index contributed by atoms with van der Waals surface area (Å²) in [7, 11) is 0. The summed E-state index contributed by atoms with van der Waals surface area (Å²) in [5.74, 6) is -0.590. The molecular formula is C24H22F2N4O. The van der Waals surface area contributed by atoms with Crippen molar-refractivity contribution in [3.8, 4) is 16.8 Å². The van der Waals surface area contributed by atoms with Gasteiger partial charge in [0.05, 0.1) is 5.39 Å². The highest BCUT2D eigenvalue weighted by Crippen LogP contribution is 2.36. The molecule has 2 aromatic carbocycles. The number of fused-ring (bicyclic) bond motifs is 1. The maximum atomic E-state index is 14.1. The number of nitrogens with one attached hydrogen (secondary N) is 1. The summed E-state index contributed by atoms with van der Waals surface area (Å²) in [4.78, 5) is 9.02. The van der Waals surface area contributed by atoms with Gasteiger partial charge in [0.25, 0.3) is 0 Å². The summed E-state index contributed by atoms with van der Waals surface area (Å²) in [6.07, 6.45) is 5.13. The fourth-order valence-electron chi connectivity index (χ4n) is 4.11. The minimum atomic E-state index is -0.623. The van der Waals surface area contributed by atoms with Crippen LogP contribution in [-0.4, -0.2) is 33.8 Å². The quantitative estimate of drug-likeness (QED) is 0.489. The fraction of sp³-hybridized carbons (Fsp3) is 0.250. The highest BCUT2D eigenvalue weighted by molar-refractivity contribution is 6.02. The number of halogens is 2. The summed E-state index contributed by atoms with van der Waals surface area (Å²) in [6, 6.07) is 11.8. The Labute approximate surface area is 178 Å². The highest BCUT2D eigenvalue weighted by atomic mass is 19.1. The molecule has 4 aromatic rings. The molecule has 0 spiro atoms. The topological polar surface area (TPSA) is 52.0 Å². The Morgan fingerprint density at radius 1 is 1.03 bits per heavy atom. The van der Waals surface area contributed by atoms with E-state index in [0.29, 0.717) is 35.8 Å². The SMILES string of the molecule is Cc1cccc(-n2cc(-c3cc(F)cc(F)c3)c3c(NC4CCOCC4)ncnc32)c1. The van der Waals surface area contributed by atoms with Crippen LogP contribution in [0.5, 0.6) is 0 Å². The Bertz CT molecular complexity index is 1230. The van der Waals surface area contributed by atoms with Gasteiger partial charge >= 0.3 is 0 Å². The van der Waals surface area contributed by atoms with E-state index in [1.54, 1.807) is 0 Å². The monoisotopic (exact) mass is 420 g/mol. The van der Waals surface area contributed by atoms with E-state index in [1.165, 1.54) is 18.5 Å². The first-order chi connectivity index (χ1) is 15.1. The van der Waals surface area contributed by atoms with Gasteiger partial charge < -0.3 is 14.6 Å². The van der Waals surface area contributed by atoms with Crippen molar-refractivity contribution in [2.45, 2.75) is 25.8 Å². The van der Waals surface area contributed by atoms with Crippen molar-refractivity contribution in [3.63, 3.8) is 0 Å². The van der Waals surface area contributed by atoms with Crippen LogP contribution in [-0.2, 0) is 4.74 Å². The number of aromatic nitrogens is 3. The first kappa shape index (κ1) is 19.6. The van der Waals surface area contributed by atoms with E-state index in [2.05, 4.69) is 15.3 Å². The number of hydrogen-bond acceptors (Lipinski definition) is 4. The van der Waals surface area contributed by atoms with Gasteiger partial charge in [-0.2, -0.15) is 0 Å². The predicted octanol–water partition coefficient (Wildman–Crippen LogP) is 5.27. The molecule has 7 heteroatoms. The van der Waals surface area contributed by atoms with Crippen LogP contribution in [0.2, 0.25) is 0 Å². The van der Waals surface area contributed by atoms with E-state index in [4.69, 9.17) is 4.74 Å². The van der Waals surface area contributed by atoms with Crippen molar-refractivity contribution < 1.29 is 13.5 Å². The molecule has 1 N–H and O–H groups in total. The lowest BCUT2D eigenvalue weighted by molar-refractivity contribution is 0.0904. The number of hydrogen-bond donors (Lipinski definition) is 1. The van der Waals surface area contributed by atoms with Crippen LogP contribution < -0.4 is 5.32 Å². The van der Waals surface area contributed by atoms with Gasteiger partial charge in [-0.1, -0.05) is 12.1 Å². The van der Waals surface area contributed by atoms with E-state index in [9.17, 15) is 8.78 Å². The van der Waals surface area contributed by atoms with Crippen LogP contribution in [0.15, 0.2) is 55.0 Å². The lowest BCUT2D eigenvalue weighted by Gasteiger charge is -2.24. The van der Waals surface area contributed by atoms with Gasteiger partial charge in [0.15, 0.2) is 5.65 Å². The lowest BCUT2D eigenvalue weighted by Crippen LogP contribution is -2.28. The average Bonchev–Trinajstić information content (AvgIpc) is 3.15. The van der Waals surface area contributed by atoms with Crippen LogP contribution in [0.25, 0.3) is 27.8 Å². The Kier molecular flexibility index (Phi) is 5.11. The van der Waals surface area contributed by atoms with Gasteiger partial charge in [0, 0.05) is 42.8 Å². The molecule has 158 valence electrons. The normalized spacial score (nSPS) is 14.8. The molecule has 0 bridgehead atoms. The number of benzene rings is 2. The first-order valence-electron chi connectivity index (χ1n) is 10.3. The summed E-state index contributed by atoms with van der Waals surface area (Å²) in [6.45, 7) is 3.40. The second-order valence-corrected chi connectivity index (χ2v) is 7.86. The van der Waals surface area contributed by atoms with Gasteiger partial charge in [-0.05, 0) is 55.2 Å². The predicted molar refractivity (Wildman–Crippen MR) is 116 cm³/mol. The number of aryl methyl sites for hydroxylation is 1. The van der Waals surface area contributed by atoms with Gasteiger partial charge in [-0.15, -0.1) is 0 Å². The first-order valence-corrected chi connectivity index (χ1v) is 10.3. The van der Waals surface area contributed by atoms with Gasteiger partial charge in [-0.3, -0.25) is 0 Å². The van der Waals surface area contributed by atoms with Crippen molar-refractivity contribution >= 4 is 16.9 Å². The largest absolute Gasteiger partial charge is 0.381 e. The van der Waals surface area contributed by atoms with Gasteiger partial charge in [0.1, 0.15) is 23.8 Å². The number of rotatable bonds is 4. The van der Waals surface area contributed by atoms with E-state index >= 15 is 0 Å². The molecule has 31 heavy (non-hydrogen) atoms. The lowest BCUT2D eigenvalue weighted by atomic mass is 10.0. The molecule has 0 unspecified atom stereocenters. The van der Waals surface area contributed by atoms with E-state index in [-0.39, 0.29) is 6.04 Å². The highest BCUT2D eigenvalue weighted by Gasteiger charge is 2.21. The number of nitrogens with zero attached hydrogens (tertiary/aromatic N) is 3. The fourth-order valence-corrected chi connectivity index (χ4v) is 4.11. The van der Waals surface area contributed by atoms with Crippen molar-refractivity contribution in [2.75, 3.05) is 18.5 Å². The van der Waals surface area contributed by atoms with Crippen molar-refractivity contribution in [3.05, 3.63) is 72.2 Å². The minimum Gasteiger partial charge on any atom is -0.381 e. The van der Waals surface area contributed by atoms with Crippen molar-refractivity contribution in [2.24, 2.45) is 0 Å². The van der Waals surface area contributed by atoms with Crippen LogP contribution >= 0.6 is 0 Å². The summed E-state index contributed by atoms with van der Waals surface area (Å²) < 4.78 is 35.5. The molecule has 0 aliphatic carbocycles. The molecule has 0 radical (unpaired) electrons. The van der Waals surface area contributed by atoms with Crippen molar-refractivity contribution in [1.82, 2.24) is 14.5 Å². The maximum Gasteiger partial charge on any atom is 0.150 e. The van der Waals surface area contributed by atoms with Gasteiger partial charge in [0.2, 0.25) is 0 Å². The van der Waals surface area contributed by atoms with Crippen LogP contribution in [0.1, 0.15) is 18.4 Å². The zero-order valence-electron chi connectivity index (χ0n) is 17.1. The van der Waals surface area contributed by atoms with Crippen LogP contribution in [0.4, 0.5) is 14.6 Å². The maximum absolute atomic E-state index is 14.1. The summed E-state index contributed by atoms with van der Waals surface area (Å²) in [5, 5.41) is 4.24. The second kappa shape index (κ2) is 8.07. The van der Waals surface area contributed by atoms with E-state index in [1.807, 2.05) is 42.0 Å². The molecule has 1 fully saturated rings. The molecule has 5 rings (SSSR count). The third-order valence-electron chi connectivity index (χ3n) is 5.60. The molecule has 0 atom stereocenters. The van der Waals surface area contributed by atoms with Gasteiger partial charge in [-0.25, -0.2) is 18.7 Å². The molecule has 2 aromatic heterocycles. The van der Waals surface area contributed by atoms with E-state index < -0.39 is 11.6 Å². The zero-order chi connectivity index (χ0) is 21.4. The summed E-state index contributed by atoms with van der Waals surface area (Å²) >= 11 is 0. The van der Waals surface area contributed by atoms with Crippen LogP contribution in [0.3, 0.4) is 0 Å². The molecular weight excluding hydrogens is 398 g/mol. The average molecular weight is 420 g/mol. The zero-order valence-corrected chi connectivity index (χ0v) is 17.1. The Hall–Kier alpha value is -3.32. The number of anilines is 1. The molecule has 0 amide bonds. The third-order valence-corrected chi connectivity index (χ3v) is 5.60. The minimum absolute atomic E-state index is 0.214.